The summed E-state index contributed by atoms with van der Waals surface area (Å²) in [5, 5.41) is 14.3. The molecule has 32 heavy (non-hydrogen) atoms. The lowest BCUT2D eigenvalue weighted by atomic mass is 9.84. The summed E-state index contributed by atoms with van der Waals surface area (Å²) in [7, 11) is 0. The molecule has 1 aromatic heterocycles. The number of aromatic nitrogens is 2. The first kappa shape index (κ1) is 21.2. The molecule has 1 N–H and O–H groups in total. The number of carbonyl (C=O) groups is 1. The quantitative estimate of drug-likeness (QED) is 0.621. The Balaban J connectivity index is 1.50. The molecule has 6 nitrogen and oxygen atoms in total. The molecule has 2 aliphatic rings. The number of carboxylic acid groups (broad SMARTS) is 1. The number of fused-ring (bicyclic) bond motifs is 3. The van der Waals surface area contributed by atoms with Crippen LogP contribution in [0, 0.1) is 0 Å². The normalized spacial score (nSPS) is 16.4. The first-order chi connectivity index (χ1) is 15.4. The fourth-order valence-electron chi connectivity index (χ4n) is 4.62. The van der Waals surface area contributed by atoms with Crippen LogP contribution in [0.25, 0.3) is 16.9 Å². The molecule has 0 radical (unpaired) electrons. The molecule has 7 heteroatoms. The van der Waals surface area contributed by atoms with Gasteiger partial charge in [-0.2, -0.15) is 5.10 Å². The molecular weight excluding hydrogens is 422 g/mol. The third-order valence-corrected chi connectivity index (χ3v) is 7.42. The van der Waals surface area contributed by atoms with Crippen molar-refractivity contribution in [3.8, 4) is 16.9 Å². The first-order valence-electron chi connectivity index (χ1n) is 10.9. The van der Waals surface area contributed by atoms with Crippen LogP contribution in [0.3, 0.4) is 0 Å². The van der Waals surface area contributed by atoms with Gasteiger partial charge in [0, 0.05) is 46.8 Å². The Bertz CT molecular complexity index is 1150. The summed E-state index contributed by atoms with van der Waals surface area (Å²) in [4.78, 5) is 15.5. The smallest absolute Gasteiger partial charge is 0.356 e. The van der Waals surface area contributed by atoms with Gasteiger partial charge in [-0.1, -0.05) is 44.2 Å². The van der Waals surface area contributed by atoms with E-state index in [4.69, 9.17) is 4.74 Å². The van der Waals surface area contributed by atoms with Crippen molar-refractivity contribution in [2.45, 2.75) is 29.9 Å². The zero-order chi connectivity index (χ0) is 22.3. The molecule has 166 valence electrons. The summed E-state index contributed by atoms with van der Waals surface area (Å²) in [6.45, 7) is 9.04. The van der Waals surface area contributed by atoms with E-state index >= 15 is 0 Å². The van der Waals surface area contributed by atoms with Crippen LogP contribution in [0.4, 0.5) is 0 Å². The first-order valence-corrected chi connectivity index (χ1v) is 11.9. The Hall–Kier alpha value is -2.61. The van der Waals surface area contributed by atoms with Gasteiger partial charge in [-0.3, -0.25) is 4.90 Å². The lowest BCUT2D eigenvalue weighted by Gasteiger charge is -2.35. The molecule has 5 rings (SSSR count). The maximum atomic E-state index is 11.9. The molecule has 0 amide bonds. The van der Waals surface area contributed by atoms with Gasteiger partial charge in [-0.05, 0) is 23.8 Å². The van der Waals surface area contributed by atoms with Gasteiger partial charge in [0.25, 0.3) is 0 Å². The Labute approximate surface area is 192 Å². The van der Waals surface area contributed by atoms with E-state index in [1.807, 2.05) is 18.2 Å². The van der Waals surface area contributed by atoms with E-state index in [0.717, 1.165) is 60.3 Å². The number of thioether (sulfide) groups is 1. The van der Waals surface area contributed by atoms with E-state index in [2.05, 4.69) is 54.2 Å². The van der Waals surface area contributed by atoms with Gasteiger partial charge >= 0.3 is 5.97 Å². The van der Waals surface area contributed by atoms with Crippen molar-refractivity contribution in [1.82, 2.24) is 14.7 Å². The summed E-state index contributed by atoms with van der Waals surface area (Å²) in [5.74, 6) is -0.373. The number of nitrogens with zero attached hydrogens (tertiary/aromatic N) is 3. The van der Waals surface area contributed by atoms with E-state index in [9.17, 15) is 9.90 Å². The number of benzene rings is 2. The summed E-state index contributed by atoms with van der Waals surface area (Å²) < 4.78 is 7.28. The Kier molecular flexibility index (Phi) is 5.57. The summed E-state index contributed by atoms with van der Waals surface area (Å²) >= 11 is 1.66. The SMILES string of the molecule is CC(C)(CN1CCOCC1)c1ccc(-n2nc(C(=O)O)c3c2-c2ccccc2SC3)cc1. The third kappa shape index (κ3) is 3.85. The Morgan fingerprint density at radius 2 is 1.84 bits per heavy atom. The molecule has 1 fully saturated rings. The number of morpholine rings is 1. The summed E-state index contributed by atoms with van der Waals surface area (Å²) in [6, 6.07) is 16.5. The summed E-state index contributed by atoms with van der Waals surface area (Å²) in [5.41, 5.74) is 4.98. The molecule has 0 spiro atoms. The lowest BCUT2D eigenvalue weighted by molar-refractivity contribution is 0.0295. The second-order valence-corrected chi connectivity index (χ2v) is 10.0. The standard InChI is InChI=1S/C25H27N3O3S/c1-25(2,16-27-11-13-31-14-12-27)17-7-9-18(10-8-17)28-23-19-5-3-4-6-21(19)32-15-20(23)22(26-28)24(29)30/h3-10H,11-16H2,1-2H3,(H,29,30). The number of hydrogen-bond acceptors (Lipinski definition) is 5. The van der Waals surface area contributed by atoms with E-state index in [-0.39, 0.29) is 11.1 Å². The van der Waals surface area contributed by atoms with E-state index in [1.54, 1.807) is 16.4 Å². The fraction of sp³-hybridized carbons (Fsp3) is 0.360. The monoisotopic (exact) mass is 449 g/mol. The Morgan fingerprint density at radius 3 is 2.56 bits per heavy atom. The molecular formula is C25H27N3O3S. The highest BCUT2D eigenvalue weighted by atomic mass is 32.2. The highest BCUT2D eigenvalue weighted by Crippen LogP contribution is 2.43. The van der Waals surface area contributed by atoms with Crippen molar-refractivity contribution in [1.29, 1.82) is 0 Å². The molecule has 2 aliphatic heterocycles. The molecule has 0 aliphatic carbocycles. The van der Waals surface area contributed by atoms with Crippen LogP contribution in [0.1, 0.15) is 35.5 Å². The highest BCUT2D eigenvalue weighted by Gasteiger charge is 2.30. The van der Waals surface area contributed by atoms with Crippen molar-refractivity contribution in [2.75, 3.05) is 32.8 Å². The highest BCUT2D eigenvalue weighted by molar-refractivity contribution is 7.98. The maximum Gasteiger partial charge on any atom is 0.356 e. The minimum atomic E-state index is -0.983. The third-order valence-electron chi connectivity index (χ3n) is 6.32. The predicted octanol–water partition coefficient (Wildman–Crippen LogP) is 4.45. The molecule has 2 aromatic carbocycles. The lowest BCUT2D eigenvalue weighted by Crippen LogP contribution is -2.43. The van der Waals surface area contributed by atoms with E-state index < -0.39 is 5.97 Å². The number of aromatic carboxylic acids is 1. The van der Waals surface area contributed by atoms with Crippen LogP contribution in [-0.4, -0.2) is 58.6 Å². The average Bonchev–Trinajstić information content (AvgIpc) is 3.20. The van der Waals surface area contributed by atoms with Crippen LogP contribution < -0.4 is 0 Å². The number of carboxylic acids is 1. The predicted molar refractivity (Wildman–Crippen MR) is 126 cm³/mol. The molecule has 1 saturated heterocycles. The zero-order valence-corrected chi connectivity index (χ0v) is 19.2. The van der Waals surface area contributed by atoms with E-state index in [0.29, 0.717) is 5.75 Å². The van der Waals surface area contributed by atoms with Crippen molar-refractivity contribution >= 4 is 17.7 Å². The van der Waals surface area contributed by atoms with Crippen LogP contribution in [0.15, 0.2) is 53.4 Å². The van der Waals surface area contributed by atoms with Gasteiger partial charge < -0.3 is 9.84 Å². The van der Waals surface area contributed by atoms with E-state index in [1.165, 1.54) is 5.56 Å². The van der Waals surface area contributed by atoms with Gasteiger partial charge in [-0.25, -0.2) is 9.48 Å². The van der Waals surface area contributed by atoms with Crippen molar-refractivity contribution in [2.24, 2.45) is 0 Å². The van der Waals surface area contributed by atoms with Gasteiger partial charge in [0.15, 0.2) is 5.69 Å². The van der Waals surface area contributed by atoms with Crippen molar-refractivity contribution < 1.29 is 14.6 Å². The Morgan fingerprint density at radius 1 is 1.12 bits per heavy atom. The number of ether oxygens (including phenoxy) is 1. The number of rotatable bonds is 5. The molecule has 0 atom stereocenters. The van der Waals surface area contributed by atoms with Crippen LogP contribution in [0.5, 0.6) is 0 Å². The zero-order valence-electron chi connectivity index (χ0n) is 18.4. The molecule has 0 bridgehead atoms. The van der Waals surface area contributed by atoms with Gasteiger partial charge in [-0.15, -0.1) is 11.8 Å². The summed E-state index contributed by atoms with van der Waals surface area (Å²) in [6.07, 6.45) is 0. The minimum Gasteiger partial charge on any atom is -0.476 e. The van der Waals surface area contributed by atoms with Gasteiger partial charge in [0.05, 0.1) is 24.6 Å². The number of hydrogen-bond donors (Lipinski definition) is 1. The largest absolute Gasteiger partial charge is 0.476 e. The van der Waals surface area contributed by atoms with Crippen LogP contribution >= 0.6 is 11.8 Å². The molecule has 3 heterocycles. The maximum absolute atomic E-state index is 11.9. The minimum absolute atomic E-state index is 0.00508. The average molecular weight is 450 g/mol. The fourth-order valence-corrected chi connectivity index (χ4v) is 5.69. The van der Waals surface area contributed by atoms with Gasteiger partial charge in [0.2, 0.25) is 0 Å². The van der Waals surface area contributed by atoms with Crippen LogP contribution in [-0.2, 0) is 15.9 Å². The molecule has 0 unspecified atom stereocenters. The van der Waals surface area contributed by atoms with Gasteiger partial charge in [0.1, 0.15) is 0 Å². The van der Waals surface area contributed by atoms with Crippen molar-refractivity contribution in [3.63, 3.8) is 0 Å². The topological polar surface area (TPSA) is 67.6 Å². The second kappa shape index (κ2) is 8.39. The van der Waals surface area contributed by atoms with Crippen LogP contribution in [0.2, 0.25) is 0 Å². The second-order valence-electron chi connectivity index (χ2n) is 9.00. The molecule has 0 saturated carbocycles. The van der Waals surface area contributed by atoms with Crippen molar-refractivity contribution in [3.05, 3.63) is 65.4 Å². The molecule has 3 aromatic rings.